The summed E-state index contributed by atoms with van der Waals surface area (Å²) in [6.45, 7) is 10.0. The van der Waals surface area contributed by atoms with Crippen LogP contribution in [-0.4, -0.2) is 30.2 Å². The Morgan fingerprint density at radius 2 is 1.80 bits per heavy atom. The van der Waals surface area contributed by atoms with Gasteiger partial charge in [0.1, 0.15) is 0 Å². The van der Waals surface area contributed by atoms with Gasteiger partial charge in [-0.15, -0.1) is 0 Å². The Morgan fingerprint density at radius 3 is 2.13 bits per heavy atom. The van der Waals surface area contributed by atoms with Crippen LogP contribution < -0.4 is 11.1 Å². The van der Waals surface area contributed by atoms with Crippen molar-refractivity contribution in [3.63, 3.8) is 0 Å². The second-order valence-corrected chi connectivity index (χ2v) is 5.88. The molecule has 4 nitrogen and oxygen atoms in total. The summed E-state index contributed by atoms with van der Waals surface area (Å²) in [5.74, 6) is -0.163. The van der Waals surface area contributed by atoms with Gasteiger partial charge < -0.3 is 16.2 Å². The van der Waals surface area contributed by atoms with Crippen LogP contribution in [0, 0.1) is 10.8 Å². The maximum absolute atomic E-state index is 11.6. The van der Waals surface area contributed by atoms with E-state index in [1.54, 1.807) is 0 Å². The number of hydrogen-bond donors (Lipinski definition) is 3. The topological polar surface area (TPSA) is 75.3 Å². The molecule has 1 amide bonds. The van der Waals surface area contributed by atoms with Crippen LogP contribution in [0.1, 0.15) is 34.6 Å². The van der Waals surface area contributed by atoms with Gasteiger partial charge in [0.25, 0.3) is 0 Å². The largest absolute Gasteiger partial charge is 0.396 e. The Bertz CT molecular complexity index is 219. The predicted octanol–water partition coefficient (Wildman–Crippen LogP) is 0.494. The molecule has 0 rings (SSSR count). The first-order valence-corrected chi connectivity index (χ1v) is 5.24. The summed E-state index contributed by atoms with van der Waals surface area (Å²) in [5.41, 5.74) is 5.25. The average molecular weight is 216 g/mol. The first-order valence-electron chi connectivity index (χ1n) is 5.24. The number of rotatable bonds is 4. The number of aliphatic hydroxyl groups is 1. The first kappa shape index (κ1) is 14.4. The lowest BCUT2D eigenvalue weighted by atomic mass is 9.86. The van der Waals surface area contributed by atoms with Crippen LogP contribution in [0.3, 0.4) is 0 Å². The molecule has 0 bridgehead atoms. The number of amides is 1. The van der Waals surface area contributed by atoms with Crippen molar-refractivity contribution in [1.82, 2.24) is 5.32 Å². The van der Waals surface area contributed by atoms with Crippen LogP contribution in [0.25, 0.3) is 0 Å². The third-order valence-corrected chi connectivity index (χ3v) is 2.38. The average Bonchev–Trinajstić information content (AvgIpc) is 2.11. The molecule has 4 N–H and O–H groups in total. The number of aliphatic hydroxyl groups excluding tert-OH is 1. The molecule has 0 aliphatic rings. The van der Waals surface area contributed by atoms with Gasteiger partial charge in [0, 0.05) is 18.6 Å². The van der Waals surface area contributed by atoms with E-state index in [2.05, 4.69) is 5.32 Å². The van der Waals surface area contributed by atoms with Gasteiger partial charge in [0.2, 0.25) is 5.91 Å². The zero-order valence-electron chi connectivity index (χ0n) is 10.4. The predicted molar refractivity (Wildman–Crippen MR) is 61.3 cm³/mol. The molecule has 0 aliphatic heterocycles. The van der Waals surface area contributed by atoms with E-state index in [9.17, 15) is 4.79 Å². The van der Waals surface area contributed by atoms with E-state index in [0.717, 1.165) is 0 Å². The van der Waals surface area contributed by atoms with Crippen LogP contribution in [0.2, 0.25) is 0 Å². The third-order valence-electron chi connectivity index (χ3n) is 2.38. The van der Waals surface area contributed by atoms with Gasteiger partial charge in [0.05, 0.1) is 6.04 Å². The molecule has 0 aromatic carbocycles. The van der Waals surface area contributed by atoms with Crippen LogP contribution in [0.4, 0.5) is 0 Å². The van der Waals surface area contributed by atoms with Crippen molar-refractivity contribution < 1.29 is 9.90 Å². The van der Waals surface area contributed by atoms with Gasteiger partial charge >= 0.3 is 0 Å². The number of hydrogen-bond acceptors (Lipinski definition) is 3. The minimum absolute atomic E-state index is 0.0397. The van der Waals surface area contributed by atoms with Crippen LogP contribution >= 0.6 is 0 Å². The van der Waals surface area contributed by atoms with Crippen molar-refractivity contribution in [2.75, 3.05) is 13.2 Å². The Labute approximate surface area is 92.2 Å². The maximum atomic E-state index is 11.6. The normalized spacial score (nSPS) is 14.9. The minimum atomic E-state index is -0.521. The fraction of sp³-hybridized carbons (Fsp3) is 0.909. The molecule has 0 fully saturated rings. The lowest BCUT2D eigenvalue weighted by Gasteiger charge is -2.28. The standard InChI is InChI=1S/C11H24N2O2/c1-10(2,3)8(12)9(15)13-6-11(4,5)7-14/h8,14H,6-7,12H2,1-5H3,(H,13,15)/t8-/m0/s1. The fourth-order valence-corrected chi connectivity index (χ4v) is 0.886. The molecule has 0 unspecified atom stereocenters. The van der Waals surface area contributed by atoms with Crippen molar-refractivity contribution in [2.45, 2.75) is 40.7 Å². The highest BCUT2D eigenvalue weighted by molar-refractivity contribution is 5.82. The minimum Gasteiger partial charge on any atom is -0.396 e. The van der Waals surface area contributed by atoms with Crippen molar-refractivity contribution in [3.8, 4) is 0 Å². The molecule has 0 aliphatic carbocycles. The van der Waals surface area contributed by atoms with Gasteiger partial charge in [-0.2, -0.15) is 0 Å². The van der Waals surface area contributed by atoms with Crippen LogP contribution in [0.5, 0.6) is 0 Å². The quantitative estimate of drug-likeness (QED) is 0.640. The molecule has 1 atom stereocenters. The summed E-state index contributed by atoms with van der Waals surface area (Å²) in [6, 6.07) is -0.521. The summed E-state index contributed by atoms with van der Waals surface area (Å²) in [6.07, 6.45) is 0. The van der Waals surface area contributed by atoms with E-state index in [4.69, 9.17) is 10.8 Å². The van der Waals surface area contributed by atoms with E-state index < -0.39 is 6.04 Å². The highest BCUT2D eigenvalue weighted by atomic mass is 16.3. The molecule has 0 heterocycles. The molecule has 90 valence electrons. The Morgan fingerprint density at radius 1 is 1.33 bits per heavy atom. The van der Waals surface area contributed by atoms with Gasteiger partial charge in [-0.3, -0.25) is 4.79 Å². The summed E-state index contributed by atoms with van der Waals surface area (Å²) >= 11 is 0. The molecule has 15 heavy (non-hydrogen) atoms. The fourth-order valence-electron chi connectivity index (χ4n) is 0.886. The van der Waals surface area contributed by atoms with Gasteiger partial charge in [-0.25, -0.2) is 0 Å². The van der Waals surface area contributed by atoms with E-state index in [-0.39, 0.29) is 23.3 Å². The monoisotopic (exact) mass is 216 g/mol. The summed E-state index contributed by atoms with van der Waals surface area (Å²) in [4.78, 5) is 11.6. The van der Waals surface area contributed by atoms with Crippen molar-refractivity contribution in [2.24, 2.45) is 16.6 Å². The van der Waals surface area contributed by atoms with Crippen molar-refractivity contribution >= 4 is 5.91 Å². The molecular weight excluding hydrogens is 192 g/mol. The Balaban J connectivity index is 4.17. The zero-order chi connectivity index (χ0) is 12.3. The summed E-state index contributed by atoms with van der Waals surface area (Å²) in [7, 11) is 0. The number of carbonyl (C=O) groups is 1. The van der Waals surface area contributed by atoms with E-state index in [0.29, 0.717) is 6.54 Å². The van der Waals surface area contributed by atoms with E-state index in [1.807, 2.05) is 34.6 Å². The SMILES string of the molecule is CC(C)(CO)CNC(=O)[C@H](N)C(C)(C)C. The highest BCUT2D eigenvalue weighted by Crippen LogP contribution is 2.18. The molecule has 0 spiro atoms. The third kappa shape index (κ3) is 5.14. The van der Waals surface area contributed by atoms with E-state index in [1.165, 1.54) is 0 Å². The number of nitrogens with two attached hydrogens (primary N) is 1. The molecule has 0 saturated carbocycles. The smallest absolute Gasteiger partial charge is 0.237 e. The van der Waals surface area contributed by atoms with Gasteiger partial charge in [-0.05, 0) is 5.41 Å². The first-order chi connectivity index (χ1) is 6.60. The van der Waals surface area contributed by atoms with Crippen LogP contribution in [-0.2, 0) is 4.79 Å². The second-order valence-electron chi connectivity index (χ2n) is 5.88. The van der Waals surface area contributed by atoms with Crippen molar-refractivity contribution in [3.05, 3.63) is 0 Å². The second kappa shape index (κ2) is 4.94. The van der Waals surface area contributed by atoms with Crippen molar-refractivity contribution in [1.29, 1.82) is 0 Å². The lowest BCUT2D eigenvalue weighted by Crippen LogP contribution is -2.50. The highest BCUT2D eigenvalue weighted by Gasteiger charge is 2.28. The van der Waals surface area contributed by atoms with Gasteiger partial charge in [0.15, 0.2) is 0 Å². The summed E-state index contributed by atoms with van der Waals surface area (Å²) < 4.78 is 0. The Kier molecular flexibility index (Phi) is 4.74. The molecular formula is C11H24N2O2. The molecule has 0 radical (unpaired) electrons. The van der Waals surface area contributed by atoms with Gasteiger partial charge in [-0.1, -0.05) is 34.6 Å². The Hall–Kier alpha value is -0.610. The molecule has 0 saturated heterocycles. The number of carbonyl (C=O) groups excluding carboxylic acids is 1. The number of nitrogens with one attached hydrogen (secondary N) is 1. The summed E-state index contributed by atoms with van der Waals surface area (Å²) in [5, 5.41) is 11.8. The molecule has 4 heteroatoms. The van der Waals surface area contributed by atoms with E-state index >= 15 is 0 Å². The molecule has 0 aromatic rings. The van der Waals surface area contributed by atoms with Crippen LogP contribution in [0.15, 0.2) is 0 Å². The molecule has 0 aromatic heterocycles. The maximum Gasteiger partial charge on any atom is 0.237 e. The zero-order valence-corrected chi connectivity index (χ0v) is 10.4. The lowest BCUT2D eigenvalue weighted by molar-refractivity contribution is -0.125.